The normalized spacial score (nSPS) is 21.2. The molecule has 4 nitrogen and oxygen atoms in total. The highest BCUT2D eigenvalue weighted by molar-refractivity contribution is 5.96. The van der Waals surface area contributed by atoms with Crippen molar-refractivity contribution >= 4 is 11.9 Å². The van der Waals surface area contributed by atoms with Gasteiger partial charge in [-0.1, -0.05) is 18.2 Å². The molecule has 0 bridgehead atoms. The van der Waals surface area contributed by atoms with Gasteiger partial charge in [-0.05, 0) is 37.3 Å². The summed E-state index contributed by atoms with van der Waals surface area (Å²) in [4.78, 5) is 23.2. The van der Waals surface area contributed by atoms with Crippen LogP contribution in [0.3, 0.4) is 0 Å². The highest BCUT2D eigenvalue weighted by Gasteiger charge is 2.31. The number of aryl methyl sites for hydroxylation is 1. The lowest BCUT2D eigenvalue weighted by Crippen LogP contribution is -2.34. The smallest absolute Gasteiger partial charge is 0.389 e. The summed E-state index contributed by atoms with van der Waals surface area (Å²) in [6, 6.07) is 5.94. The van der Waals surface area contributed by atoms with Crippen molar-refractivity contribution in [3.8, 4) is 0 Å². The van der Waals surface area contributed by atoms with Crippen LogP contribution in [0.1, 0.15) is 41.6 Å². The Morgan fingerprint density at radius 3 is 2.52 bits per heavy atom. The topological polar surface area (TPSA) is 66.4 Å². The third-order valence-corrected chi connectivity index (χ3v) is 4.06. The third kappa shape index (κ3) is 4.97. The molecule has 2 N–H and O–H groups in total. The van der Waals surface area contributed by atoms with Gasteiger partial charge >= 0.3 is 12.1 Å². The van der Waals surface area contributed by atoms with Crippen molar-refractivity contribution in [2.75, 3.05) is 0 Å². The summed E-state index contributed by atoms with van der Waals surface area (Å²) in [5.74, 6) is -1.80. The standard InChI is InChI=1S/C16H18F3NO3/c17-16(18,19)8-7-10-3-1-2-4-13(10)14(21)20-12-6-5-11(9-12)15(22)23/h1-4,11-12H,5-9H2,(H,20,21)(H,22,23)/t11-,12+/m1/s1. The fraction of sp³-hybridized carbons (Fsp3) is 0.500. The Balaban J connectivity index is 2.01. The van der Waals surface area contributed by atoms with Crippen LogP contribution in [0.25, 0.3) is 0 Å². The lowest BCUT2D eigenvalue weighted by molar-refractivity contribution is -0.141. The molecule has 1 fully saturated rings. The Labute approximate surface area is 131 Å². The van der Waals surface area contributed by atoms with E-state index in [0.717, 1.165) is 0 Å². The summed E-state index contributed by atoms with van der Waals surface area (Å²) in [7, 11) is 0. The average molecular weight is 329 g/mol. The number of carbonyl (C=O) groups excluding carboxylic acids is 1. The number of carboxylic acids is 1. The van der Waals surface area contributed by atoms with Crippen molar-refractivity contribution in [3.63, 3.8) is 0 Å². The molecule has 2 rings (SSSR count). The summed E-state index contributed by atoms with van der Waals surface area (Å²) >= 11 is 0. The maximum atomic E-state index is 12.4. The van der Waals surface area contributed by atoms with E-state index in [1.807, 2.05) is 0 Å². The molecule has 1 aliphatic rings. The van der Waals surface area contributed by atoms with Crippen LogP contribution < -0.4 is 5.32 Å². The quantitative estimate of drug-likeness (QED) is 0.872. The van der Waals surface area contributed by atoms with Crippen molar-refractivity contribution in [2.24, 2.45) is 5.92 Å². The van der Waals surface area contributed by atoms with E-state index < -0.39 is 30.4 Å². The molecule has 0 aromatic heterocycles. The molecule has 126 valence electrons. The van der Waals surface area contributed by atoms with Gasteiger partial charge in [-0.25, -0.2) is 0 Å². The molecular weight excluding hydrogens is 311 g/mol. The van der Waals surface area contributed by atoms with Gasteiger partial charge in [0.2, 0.25) is 0 Å². The van der Waals surface area contributed by atoms with E-state index in [4.69, 9.17) is 5.11 Å². The summed E-state index contributed by atoms with van der Waals surface area (Å²) in [5.41, 5.74) is 0.561. The van der Waals surface area contributed by atoms with Crippen LogP contribution in [0.15, 0.2) is 24.3 Å². The van der Waals surface area contributed by atoms with Gasteiger partial charge < -0.3 is 10.4 Å². The first-order valence-corrected chi connectivity index (χ1v) is 7.44. The second-order valence-electron chi connectivity index (χ2n) is 5.79. The monoisotopic (exact) mass is 329 g/mol. The molecule has 1 saturated carbocycles. The maximum Gasteiger partial charge on any atom is 0.389 e. The largest absolute Gasteiger partial charge is 0.481 e. The Kier molecular flexibility index (Phi) is 5.28. The van der Waals surface area contributed by atoms with E-state index in [9.17, 15) is 22.8 Å². The lowest BCUT2D eigenvalue weighted by Gasteiger charge is -2.15. The predicted octanol–water partition coefficient (Wildman–Crippen LogP) is 3.16. The van der Waals surface area contributed by atoms with Crippen LogP contribution in [0.4, 0.5) is 13.2 Å². The van der Waals surface area contributed by atoms with Gasteiger partial charge in [0, 0.05) is 18.0 Å². The number of alkyl halides is 3. The summed E-state index contributed by atoms with van der Waals surface area (Å²) in [5, 5.41) is 11.7. The number of hydrogen-bond acceptors (Lipinski definition) is 2. The Bertz CT molecular complexity index is 586. The Hall–Kier alpha value is -2.05. The third-order valence-electron chi connectivity index (χ3n) is 4.06. The zero-order chi connectivity index (χ0) is 17.0. The number of carbonyl (C=O) groups is 2. The van der Waals surface area contributed by atoms with E-state index in [0.29, 0.717) is 24.8 Å². The van der Waals surface area contributed by atoms with Gasteiger partial charge in [-0.15, -0.1) is 0 Å². The van der Waals surface area contributed by atoms with Crippen LogP contribution in [0.2, 0.25) is 0 Å². The van der Waals surface area contributed by atoms with E-state index in [2.05, 4.69) is 5.32 Å². The van der Waals surface area contributed by atoms with Gasteiger partial charge in [-0.2, -0.15) is 13.2 Å². The molecule has 0 saturated heterocycles. The number of hydrogen-bond donors (Lipinski definition) is 2. The van der Waals surface area contributed by atoms with E-state index in [-0.39, 0.29) is 18.0 Å². The van der Waals surface area contributed by atoms with Gasteiger partial charge in [0.15, 0.2) is 0 Å². The minimum Gasteiger partial charge on any atom is -0.481 e. The number of aliphatic carboxylic acids is 1. The van der Waals surface area contributed by atoms with Crippen LogP contribution in [-0.4, -0.2) is 29.2 Å². The average Bonchev–Trinajstić information content (AvgIpc) is 2.93. The molecule has 2 atom stereocenters. The van der Waals surface area contributed by atoms with E-state index in [1.165, 1.54) is 12.1 Å². The fourth-order valence-electron chi connectivity index (χ4n) is 2.84. The van der Waals surface area contributed by atoms with E-state index >= 15 is 0 Å². The summed E-state index contributed by atoms with van der Waals surface area (Å²) in [6.45, 7) is 0. The molecule has 0 aliphatic heterocycles. The van der Waals surface area contributed by atoms with Crippen molar-refractivity contribution in [3.05, 3.63) is 35.4 Å². The molecule has 0 unspecified atom stereocenters. The first kappa shape index (κ1) is 17.3. The number of carboxylic acid groups (broad SMARTS) is 1. The first-order valence-electron chi connectivity index (χ1n) is 7.44. The summed E-state index contributed by atoms with van der Waals surface area (Å²) in [6.07, 6.45) is -4.10. The predicted molar refractivity (Wildman–Crippen MR) is 77.0 cm³/mol. The molecular formula is C16H18F3NO3. The highest BCUT2D eigenvalue weighted by atomic mass is 19.4. The van der Waals surface area contributed by atoms with Gasteiger partial charge in [0.05, 0.1) is 5.92 Å². The van der Waals surface area contributed by atoms with Crippen molar-refractivity contribution < 1.29 is 27.9 Å². The Morgan fingerprint density at radius 1 is 1.22 bits per heavy atom. The molecule has 1 aliphatic carbocycles. The number of benzene rings is 1. The highest BCUT2D eigenvalue weighted by Crippen LogP contribution is 2.27. The van der Waals surface area contributed by atoms with Crippen LogP contribution in [0, 0.1) is 5.92 Å². The number of nitrogens with one attached hydrogen (secondary N) is 1. The molecule has 0 heterocycles. The molecule has 1 amide bonds. The van der Waals surface area contributed by atoms with Crippen molar-refractivity contribution in [2.45, 2.75) is 44.3 Å². The molecule has 1 aromatic carbocycles. The van der Waals surface area contributed by atoms with Gasteiger partial charge in [0.25, 0.3) is 5.91 Å². The van der Waals surface area contributed by atoms with Gasteiger partial charge in [0.1, 0.15) is 0 Å². The number of rotatable bonds is 5. The molecule has 1 aromatic rings. The first-order chi connectivity index (χ1) is 10.8. The Morgan fingerprint density at radius 2 is 1.91 bits per heavy atom. The molecule has 23 heavy (non-hydrogen) atoms. The zero-order valence-corrected chi connectivity index (χ0v) is 12.4. The minimum atomic E-state index is -4.27. The zero-order valence-electron chi connectivity index (χ0n) is 12.4. The number of halogens is 3. The molecule has 0 spiro atoms. The van der Waals surface area contributed by atoms with Crippen LogP contribution in [0.5, 0.6) is 0 Å². The fourth-order valence-corrected chi connectivity index (χ4v) is 2.84. The second kappa shape index (κ2) is 7.02. The SMILES string of the molecule is O=C(N[C@H]1CC[C@@H](C(=O)O)C1)c1ccccc1CCC(F)(F)F. The second-order valence-corrected chi connectivity index (χ2v) is 5.79. The summed E-state index contributed by atoms with van der Waals surface area (Å²) < 4.78 is 37.1. The maximum absolute atomic E-state index is 12.4. The van der Waals surface area contributed by atoms with Crippen LogP contribution >= 0.6 is 0 Å². The lowest BCUT2D eigenvalue weighted by atomic mass is 10.0. The minimum absolute atomic E-state index is 0.218. The van der Waals surface area contributed by atoms with E-state index in [1.54, 1.807) is 12.1 Å². The number of amides is 1. The van der Waals surface area contributed by atoms with Gasteiger partial charge in [-0.3, -0.25) is 9.59 Å². The molecule has 7 heteroatoms. The van der Waals surface area contributed by atoms with Crippen molar-refractivity contribution in [1.29, 1.82) is 0 Å². The van der Waals surface area contributed by atoms with Crippen LogP contribution in [-0.2, 0) is 11.2 Å². The molecule has 0 radical (unpaired) electrons. The van der Waals surface area contributed by atoms with Crippen molar-refractivity contribution in [1.82, 2.24) is 5.32 Å².